The molecule has 0 atom stereocenters. The molecule has 490 valence electrons. The molecule has 0 radical (unpaired) electrons. The van der Waals surface area contributed by atoms with Gasteiger partial charge in [0.05, 0.1) is 22.1 Å². The van der Waals surface area contributed by atoms with E-state index in [1.54, 1.807) is 0 Å². The molecule has 14 aromatic carbocycles. The molecule has 0 spiro atoms. The molecule has 22 rings (SSSR count). The van der Waals surface area contributed by atoms with E-state index in [1.165, 1.54) is 55.6 Å². The van der Waals surface area contributed by atoms with Crippen molar-refractivity contribution in [3.05, 3.63) is 313 Å². The van der Waals surface area contributed by atoms with E-state index in [4.69, 9.17) is 37.6 Å². The number of hydrogen-bond acceptors (Lipinski definition) is 8. The Morgan fingerprint density at radius 3 is 1.15 bits per heavy atom. The smallest absolute Gasteiger partial charge is 0.227 e. The predicted octanol–water partition coefficient (Wildman–Crippen LogP) is 24.7. The molecule has 104 heavy (non-hydrogen) atoms. The highest BCUT2D eigenvalue weighted by Gasteiger charge is 2.37. The molecule has 0 bridgehead atoms. The second-order valence-corrected chi connectivity index (χ2v) is 28.9. The Morgan fingerprint density at radius 1 is 0.240 bits per heavy atom. The van der Waals surface area contributed by atoms with E-state index < -0.39 is 0 Å². The first-order valence-corrected chi connectivity index (χ1v) is 35.4. The van der Waals surface area contributed by atoms with E-state index in [0.717, 1.165) is 133 Å². The minimum Gasteiger partial charge on any atom is -0.436 e. The first-order valence-electron chi connectivity index (χ1n) is 35.4. The summed E-state index contributed by atoms with van der Waals surface area (Å²) in [7, 11) is 0. The molecule has 0 N–H and O–H groups in total. The van der Waals surface area contributed by atoms with Gasteiger partial charge in [0.25, 0.3) is 0 Å². The highest BCUT2D eigenvalue weighted by atomic mass is 16.4. The van der Waals surface area contributed by atoms with Gasteiger partial charge in [0.2, 0.25) is 23.6 Å². The maximum Gasteiger partial charge on any atom is 0.227 e. The quantitative estimate of drug-likeness (QED) is 0.140. The minimum absolute atomic E-state index is 0.0533. The van der Waals surface area contributed by atoms with Gasteiger partial charge in [-0.2, -0.15) is 0 Å². The molecule has 0 saturated heterocycles. The van der Waals surface area contributed by atoms with Crippen LogP contribution < -0.4 is 0 Å². The van der Waals surface area contributed by atoms with E-state index in [2.05, 4.69) is 261 Å². The summed E-state index contributed by atoms with van der Waals surface area (Å²) in [4.78, 5) is 20.3. The third-order valence-corrected chi connectivity index (χ3v) is 22.3. The predicted molar refractivity (Wildman–Crippen MR) is 419 cm³/mol. The summed E-state index contributed by atoms with van der Waals surface area (Å²) < 4.78 is 31.1. The van der Waals surface area contributed by atoms with Crippen molar-refractivity contribution >= 4 is 88.0 Å². The number of fused-ring (bicyclic) bond motifs is 16. The van der Waals surface area contributed by atoms with Crippen LogP contribution in [0.1, 0.15) is 49.9 Å². The van der Waals surface area contributed by atoms with Gasteiger partial charge in [0, 0.05) is 71.6 Å². The molecule has 2 aliphatic carbocycles. The second kappa shape index (κ2) is 21.5. The fourth-order valence-corrected chi connectivity index (χ4v) is 17.0. The van der Waals surface area contributed by atoms with Gasteiger partial charge in [0.15, 0.2) is 22.3 Å². The average molecular weight is 1340 g/mol. The van der Waals surface area contributed by atoms with Crippen LogP contribution in [0.4, 0.5) is 0 Å². The van der Waals surface area contributed by atoms with E-state index in [-0.39, 0.29) is 10.8 Å². The van der Waals surface area contributed by atoms with Crippen molar-refractivity contribution in [3.8, 4) is 113 Å². The molecular weight excluding hydrogens is 1280 g/mol. The fraction of sp³-hybridized carbons (Fsp3) is 0.0638. The van der Waals surface area contributed by atoms with Crippen molar-refractivity contribution in [3.63, 3.8) is 0 Å². The highest BCUT2D eigenvalue weighted by molar-refractivity contribution is 6.13. The molecule has 0 aliphatic heterocycles. The molecule has 6 aromatic heterocycles. The lowest BCUT2D eigenvalue weighted by Crippen LogP contribution is -2.14. The zero-order valence-electron chi connectivity index (χ0n) is 57.0. The lowest BCUT2D eigenvalue weighted by Gasteiger charge is -2.22. The van der Waals surface area contributed by atoms with Crippen molar-refractivity contribution in [2.75, 3.05) is 0 Å². The Morgan fingerprint density at radius 2 is 0.615 bits per heavy atom. The first-order chi connectivity index (χ1) is 51.0. The highest BCUT2D eigenvalue weighted by Crippen LogP contribution is 2.52. The SMILES string of the molecule is CC1(C)c2ccccc2-c2cc(-c3ccc(-n4c5ccc(-c6nc7ccccc7o6)cc5c5cc(-c6nc7cc(-c8cccc9nc(-c%10ccc%11c(c%10)c%10cc(-c%12nc%13ccccc%13o%12)ccc%10n%11-c%10ccc(-c%11ccc%12c(c%11)C(C)(C)c%11ccccc%11-%12)cc%10)oc89)ccc7o6)ccc54)cc3)ccc21. The van der Waals surface area contributed by atoms with Gasteiger partial charge < -0.3 is 26.8 Å². The fourth-order valence-electron chi connectivity index (χ4n) is 17.0. The Hall–Kier alpha value is -13.4. The Bertz CT molecular complexity index is 6980. The van der Waals surface area contributed by atoms with Crippen molar-refractivity contribution in [1.82, 2.24) is 29.1 Å². The Labute approximate surface area is 596 Å². The number of para-hydroxylation sites is 5. The third-order valence-electron chi connectivity index (χ3n) is 22.3. The van der Waals surface area contributed by atoms with Crippen molar-refractivity contribution in [2.24, 2.45) is 0 Å². The van der Waals surface area contributed by atoms with Crippen molar-refractivity contribution < 1.29 is 17.7 Å². The number of aromatic nitrogens is 6. The third kappa shape index (κ3) is 8.69. The van der Waals surface area contributed by atoms with Crippen molar-refractivity contribution in [1.29, 1.82) is 0 Å². The monoisotopic (exact) mass is 1340 g/mol. The lowest BCUT2D eigenvalue weighted by atomic mass is 9.81. The summed E-state index contributed by atoms with van der Waals surface area (Å²) in [6, 6.07) is 103. The van der Waals surface area contributed by atoms with Gasteiger partial charge in [-0.25, -0.2) is 19.9 Å². The molecule has 10 nitrogen and oxygen atoms in total. The normalized spacial score (nSPS) is 13.5. The molecule has 6 heterocycles. The number of hydrogen-bond donors (Lipinski definition) is 0. The van der Waals surface area contributed by atoms with Crippen LogP contribution in [0.5, 0.6) is 0 Å². The summed E-state index contributed by atoms with van der Waals surface area (Å²) in [6.07, 6.45) is 0. The molecule has 10 heteroatoms. The molecule has 0 unspecified atom stereocenters. The van der Waals surface area contributed by atoms with Crippen LogP contribution >= 0.6 is 0 Å². The summed E-state index contributed by atoms with van der Waals surface area (Å²) in [5, 5.41) is 4.17. The van der Waals surface area contributed by atoms with Gasteiger partial charge in [0.1, 0.15) is 22.1 Å². The number of rotatable bonds is 9. The molecule has 0 saturated carbocycles. The standard InChI is InChI=1S/C94H60N6O4/c1-93(2)74-18-8-6-15-66(74)68-46-55(29-40-75(68)93)53-24-35-62(36-25-53)99-81-41-30-58(89-95-77-19-9-11-22-85(77)101-89)47-69(81)71-49-60(32-43-83(71)99)91-98-80-52-57(34-45-87(80)103-91)64-16-13-21-79-88(64)104-92(97-79)61-33-44-84-72(50-61)70-48-59(90-96-78-20-10-12-23-86(78)102-90)31-42-82(70)100(84)63-37-26-54(27-38-63)56-28-39-67-65-14-5-7-17-73(65)94(3,4)76(67)51-56/h5-52H,1-4H3. The van der Waals surface area contributed by atoms with Crippen LogP contribution in [-0.4, -0.2) is 29.1 Å². The van der Waals surface area contributed by atoms with Crippen LogP contribution in [0.2, 0.25) is 0 Å². The first kappa shape index (κ1) is 58.4. The zero-order chi connectivity index (χ0) is 68.8. The summed E-state index contributed by atoms with van der Waals surface area (Å²) in [5.74, 6) is 2.16. The van der Waals surface area contributed by atoms with Crippen LogP contribution in [0.15, 0.2) is 309 Å². The van der Waals surface area contributed by atoms with E-state index >= 15 is 0 Å². The number of nitrogens with zero attached hydrogens (tertiary/aromatic N) is 6. The van der Waals surface area contributed by atoms with E-state index in [9.17, 15) is 0 Å². The maximum absolute atomic E-state index is 6.94. The van der Waals surface area contributed by atoms with Gasteiger partial charge in [-0.1, -0.05) is 167 Å². The molecule has 2 aliphatic rings. The Kier molecular flexibility index (Phi) is 12.1. The largest absolute Gasteiger partial charge is 0.436 e. The Balaban J connectivity index is 0.609. The molecular formula is C94H60N6O4. The molecule has 20 aromatic rings. The zero-order valence-corrected chi connectivity index (χ0v) is 57.0. The van der Waals surface area contributed by atoms with E-state index in [1.807, 2.05) is 66.7 Å². The number of benzene rings is 14. The van der Waals surface area contributed by atoms with Crippen LogP contribution in [0.25, 0.3) is 201 Å². The van der Waals surface area contributed by atoms with Crippen LogP contribution in [-0.2, 0) is 10.8 Å². The summed E-state index contributed by atoms with van der Waals surface area (Å²) >= 11 is 0. The van der Waals surface area contributed by atoms with Gasteiger partial charge in [-0.05, 0) is 224 Å². The van der Waals surface area contributed by atoms with Crippen LogP contribution in [0.3, 0.4) is 0 Å². The average Bonchev–Trinajstić information content (AvgIpc) is 1.60. The van der Waals surface area contributed by atoms with Gasteiger partial charge in [-0.3, -0.25) is 0 Å². The second-order valence-electron chi connectivity index (χ2n) is 28.9. The van der Waals surface area contributed by atoms with Crippen LogP contribution in [0, 0.1) is 0 Å². The van der Waals surface area contributed by atoms with Gasteiger partial charge >= 0.3 is 0 Å². The minimum atomic E-state index is -0.0926. The van der Waals surface area contributed by atoms with Crippen molar-refractivity contribution in [2.45, 2.75) is 38.5 Å². The summed E-state index contributed by atoms with van der Waals surface area (Å²) in [6.45, 7) is 9.32. The molecule has 0 fully saturated rings. The van der Waals surface area contributed by atoms with Gasteiger partial charge in [-0.15, -0.1) is 0 Å². The summed E-state index contributed by atoms with van der Waals surface area (Å²) in [5.41, 5.74) is 32.8. The number of oxazole rings is 4. The molecule has 0 amide bonds. The topological polar surface area (TPSA) is 114 Å². The van der Waals surface area contributed by atoms with E-state index in [0.29, 0.717) is 34.7 Å². The maximum atomic E-state index is 6.94. The lowest BCUT2D eigenvalue weighted by molar-refractivity contribution is 0.619.